The highest BCUT2D eigenvalue weighted by Crippen LogP contribution is 2.38. The molecule has 0 bridgehead atoms. The fraction of sp³-hybridized carbons (Fsp3) is 0.440. The van der Waals surface area contributed by atoms with E-state index >= 15 is 0 Å². The molecule has 3 rings (SSSR count). The molecule has 0 atom stereocenters. The molecule has 2 heterocycles. The molecule has 1 N–H and O–H groups in total. The summed E-state index contributed by atoms with van der Waals surface area (Å²) in [5.74, 6) is 2.19. The number of nitrogens with zero attached hydrogens (tertiary/aromatic N) is 1. The van der Waals surface area contributed by atoms with Crippen molar-refractivity contribution < 1.29 is 14.3 Å². The van der Waals surface area contributed by atoms with E-state index in [1.54, 1.807) is 6.20 Å². The third-order valence-electron chi connectivity index (χ3n) is 4.92. The predicted octanol–water partition coefficient (Wildman–Crippen LogP) is 6.02. The first kappa shape index (κ1) is 23.2. The van der Waals surface area contributed by atoms with E-state index in [9.17, 15) is 4.79 Å². The lowest BCUT2D eigenvalue weighted by molar-refractivity contribution is -0.153. The van der Waals surface area contributed by atoms with Gasteiger partial charge in [0.1, 0.15) is 12.4 Å². The van der Waals surface area contributed by atoms with Crippen LogP contribution in [0.25, 0.3) is 10.9 Å². The van der Waals surface area contributed by atoms with Crippen LogP contribution in [-0.4, -0.2) is 28.3 Å². The summed E-state index contributed by atoms with van der Waals surface area (Å²) < 4.78 is 11.3. The van der Waals surface area contributed by atoms with Gasteiger partial charge in [-0.2, -0.15) is 0 Å². The third kappa shape index (κ3) is 6.03. The molecule has 1 aromatic carbocycles. The lowest BCUT2D eigenvalue weighted by Crippen LogP contribution is -2.29. The number of thioether (sulfide) groups is 1. The Bertz CT molecular complexity index is 1010. The Hall–Kier alpha value is -2.47. The van der Waals surface area contributed by atoms with E-state index in [0.717, 1.165) is 33.8 Å². The van der Waals surface area contributed by atoms with Gasteiger partial charge < -0.3 is 14.5 Å². The van der Waals surface area contributed by atoms with Gasteiger partial charge in [-0.3, -0.25) is 9.78 Å². The van der Waals surface area contributed by atoms with Crippen molar-refractivity contribution in [2.75, 3.05) is 12.4 Å². The summed E-state index contributed by atoms with van der Waals surface area (Å²) >= 11 is 1.83. The Morgan fingerprint density at radius 1 is 1.23 bits per heavy atom. The van der Waals surface area contributed by atoms with Gasteiger partial charge in [0.05, 0.1) is 17.7 Å². The second-order valence-electron chi connectivity index (χ2n) is 8.74. The molecule has 0 spiro atoms. The molecule has 31 heavy (non-hydrogen) atoms. The van der Waals surface area contributed by atoms with Crippen LogP contribution in [0.15, 0.2) is 47.5 Å². The second-order valence-corrected chi connectivity index (χ2v) is 9.77. The highest BCUT2D eigenvalue weighted by Gasteiger charge is 2.31. The van der Waals surface area contributed by atoms with Crippen LogP contribution in [0.5, 0.6) is 5.75 Å². The zero-order valence-electron chi connectivity index (χ0n) is 19.0. The van der Waals surface area contributed by atoms with Crippen LogP contribution in [-0.2, 0) is 22.6 Å². The molecule has 3 aromatic rings. The van der Waals surface area contributed by atoms with Crippen molar-refractivity contribution in [1.29, 1.82) is 0 Å². The number of fused-ring (bicyclic) bond motifs is 1. The summed E-state index contributed by atoms with van der Waals surface area (Å²) in [5.41, 5.74) is 2.40. The molecular formula is C25H32N2O3S. The van der Waals surface area contributed by atoms with Crippen LogP contribution in [0.2, 0.25) is 0 Å². The number of H-pyrrole nitrogens is 1. The number of aromatic amines is 1. The molecular weight excluding hydrogens is 408 g/mol. The van der Waals surface area contributed by atoms with Crippen molar-refractivity contribution in [2.24, 2.45) is 11.3 Å². The minimum absolute atomic E-state index is 0.173. The quantitative estimate of drug-likeness (QED) is 0.308. The van der Waals surface area contributed by atoms with Crippen LogP contribution in [0, 0.1) is 11.3 Å². The fourth-order valence-corrected chi connectivity index (χ4v) is 4.43. The average Bonchev–Trinajstić information content (AvgIpc) is 3.07. The molecule has 0 aliphatic heterocycles. The van der Waals surface area contributed by atoms with Crippen LogP contribution >= 0.6 is 11.8 Å². The zero-order valence-corrected chi connectivity index (χ0v) is 19.8. The lowest BCUT2D eigenvalue weighted by Gasteiger charge is -2.22. The largest absolute Gasteiger partial charge is 0.487 e. The van der Waals surface area contributed by atoms with E-state index in [2.05, 4.69) is 29.9 Å². The summed E-state index contributed by atoms with van der Waals surface area (Å²) in [6.07, 6.45) is 2.36. The minimum Gasteiger partial charge on any atom is -0.487 e. The van der Waals surface area contributed by atoms with Gasteiger partial charge in [-0.05, 0) is 57.0 Å². The van der Waals surface area contributed by atoms with Crippen LogP contribution in [0.3, 0.4) is 0 Å². The number of benzene rings is 1. The zero-order chi connectivity index (χ0) is 22.4. The molecule has 2 aromatic heterocycles. The molecule has 0 fully saturated rings. The van der Waals surface area contributed by atoms with Crippen molar-refractivity contribution in [1.82, 2.24) is 9.97 Å². The smallest absolute Gasteiger partial charge is 0.311 e. The number of carbonyl (C=O) groups excluding carboxylic acids is 1. The van der Waals surface area contributed by atoms with E-state index in [1.807, 2.05) is 62.9 Å². The highest BCUT2D eigenvalue weighted by atomic mass is 32.2. The van der Waals surface area contributed by atoms with Crippen molar-refractivity contribution >= 4 is 28.6 Å². The minimum atomic E-state index is -0.609. The third-order valence-corrected chi connectivity index (χ3v) is 6.50. The van der Waals surface area contributed by atoms with Gasteiger partial charge >= 0.3 is 5.97 Å². The molecule has 6 heteroatoms. The SMILES string of the molecule is CCOC(=O)C(C)(C)Cc1[nH]c2ccc(OCc3ccccn3)cc2c1SCC(C)C. The Balaban J connectivity index is 1.90. The van der Waals surface area contributed by atoms with Gasteiger partial charge in [0.15, 0.2) is 0 Å². The van der Waals surface area contributed by atoms with Gasteiger partial charge in [-0.15, -0.1) is 11.8 Å². The van der Waals surface area contributed by atoms with Crippen LogP contribution in [0.1, 0.15) is 46.0 Å². The van der Waals surface area contributed by atoms with Crippen molar-refractivity contribution in [3.8, 4) is 5.75 Å². The maximum absolute atomic E-state index is 12.5. The molecule has 0 saturated carbocycles. The maximum atomic E-state index is 12.5. The van der Waals surface area contributed by atoms with Crippen molar-refractivity contribution in [3.05, 3.63) is 54.0 Å². The molecule has 0 radical (unpaired) electrons. The van der Waals surface area contributed by atoms with E-state index in [1.165, 1.54) is 4.90 Å². The standard InChI is InChI=1S/C25H32N2O3S/c1-6-29-24(28)25(4,5)14-22-23(31-16-17(2)3)20-13-19(10-11-21(20)27-22)30-15-18-9-7-8-12-26-18/h7-13,17,27H,6,14-16H2,1-5H3. The first-order valence-corrected chi connectivity index (χ1v) is 11.8. The summed E-state index contributed by atoms with van der Waals surface area (Å²) in [6.45, 7) is 11.0. The number of aromatic nitrogens is 2. The summed E-state index contributed by atoms with van der Waals surface area (Å²) in [5, 5.41) is 1.12. The molecule has 0 aliphatic carbocycles. The lowest BCUT2D eigenvalue weighted by atomic mass is 9.88. The van der Waals surface area contributed by atoms with Crippen molar-refractivity contribution in [3.63, 3.8) is 0 Å². The van der Waals surface area contributed by atoms with Gasteiger partial charge in [0, 0.05) is 39.9 Å². The molecule has 0 amide bonds. The number of esters is 1. The number of rotatable bonds is 10. The molecule has 166 valence electrons. The summed E-state index contributed by atoms with van der Waals surface area (Å²) in [4.78, 5) is 21.5. The Morgan fingerprint density at radius 3 is 2.71 bits per heavy atom. The number of ether oxygens (including phenoxy) is 2. The van der Waals surface area contributed by atoms with Gasteiger partial charge in [-0.1, -0.05) is 19.9 Å². The second kappa shape index (κ2) is 10.2. The number of nitrogens with one attached hydrogen (secondary N) is 1. The number of hydrogen-bond donors (Lipinski definition) is 1. The van der Waals surface area contributed by atoms with Crippen LogP contribution in [0.4, 0.5) is 0 Å². The molecule has 0 unspecified atom stereocenters. The maximum Gasteiger partial charge on any atom is 0.311 e. The normalized spacial score (nSPS) is 11.8. The molecule has 0 aliphatic rings. The van der Waals surface area contributed by atoms with E-state index in [-0.39, 0.29) is 5.97 Å². The molecule has 5 nitrogen and oxygen atoms in total. The molecule has 0 saturated heterocycles. The average molecular weight is 441 g/mol. The predicted molar refractivity (Wildman–Crippen MR) is 127 cm³/mol. The van der Waals surface area contributed by atoms with Gasteiger partial charge in [-0.25, -0.2) is 0 Å². The number of carbonyl (C=O) groups is 1. The van der Waals surface area contributed by atoms with Gasteiger partial charge in [0.2, 0.25) is 0 Å². The van der Waals surface area contributed by atoms with Gasteiger partial charge in [0.25, 0.3) is 0 Å². The number of pyridine rings is 1. The Morgan fingerprint density at radius 2 is 2.03 bits per heavy atom. The Kier molecular flexibility index (Phi) is 7.65. The summed E-state index contributed by atoms with van der Waals surface area (Å²) in [6, 6.07) is 11.9. The van der Waals surface area contributed by atoms with Crippen LogP contribution < -0.4 is 4.74 Å². The topological polar surface area (TPSA) is 64.2 Å². The van der Waals surface area contributed by atoms with E-state index in [0.29, 0.717) is 25.6 Å². The first-order valence-electron chi connectivity index (χ1n) is 10.8. The fourth-order valence-electron chi connectivity index (χ4n) is 3.31. The highest BCUT2D eigenvalue weighted by molar-refractivity contribution is 7.99. The number of hydrogen-bond acceptors (Lipinski definition) is 5. The van der Waals surface area contributed by atoms with E-state index in [4.69, 9.17) is 9.47 Å². The van der Waals surface area contributed by atoms with E-state index < -0.39 is 5.41 Å². The Labute approximate surface area is 188 Å². The summed E-state index contributed by atoms with van der Waals surface area (Å²) in [7, 11) is 0. The van der Waals surface area contributed by atoms with Crippen molar-refractivity contribution in [2.45, 2.75) is 52.5 Å². The first-order chi connectivity index (χ1) is 14.8. The monoisotopic (exact) mass is 440 g/mol.